The predicted molar refractivity (Wildman–Crippen MR) is 93.1 cm³/mol. The molecular weight excluding hydrogens is 398 g/mol. The first-order chi connectivity index (χ1) is 11.3. The summed E-state index contributed by atoms with van der Waals surface area (Å²) in [6.07, 6.45) is 0. The smallest absolute Gasteiger partial charge is 0.263 e. The van der Waals surface area contributed by atoms with E-state index in [9.17, 15) is 9.70 Å². The molecular formula is C15H7Cl4N2O3+. The van der Waals surface area contributed by atoms with Crippen molar-refractivity contribution in [2.45, 2.75) is 0 Å². The summed E-state index contributed by atoms with van der Waals surface area (Å²) in [5.41, 5.74) is -0.0138. The van der Waals surface area contributed by atoms with E-state index >= 15 is 0 Å². The van der Waals surface area contributed by atoms with Gasteiger partial charge in [-0.05, 0) is 36.4 Å². The molecule has 5 nitrogen and oxygen atoms in total. The molecule has 0 aliphatic rings. The molecule has 24 heavy (non-hydrogen) atoms. The van der Waals surface area contributed by atoms with Crippen LogP contribution in [0, 0.1) is 4.91 Å². The molecule has 1 heterocycles. The molecule has 0 amide bonds. The van der Waals surface area contributed by atoms with Gasteiger partial charge in [-0.25, -0.2) is 0 Å². The van der Waals surface area contributed by atoms with Crippen molar-refractivity contribution in [2.75, 3.05) is 0 Å². The number of nitrogens with zero attached hydrogens (tertiary/aromatic N) is 2. The van der Waals surface area contributed by atoms with E-state index in [4.69, 9.17) is 50.9 Å². The summed E-state index contributed by atoms with van der Waals surface area (Å²) in [5, 5.41) is 1.19. The summed E-state index contributed by atoms with van der Waals surface area (Å²) in [5.74, 6) is 0.0238. The van der Waals surface area contributed by atoms with Crippen molar-refractivity contribution in [1.82, 2.24) is 4.68 Å². The Hall–Kier alpha value is -1.79. The number of aromatic nitrogens is 2. The molecule has 3 aromatic rings. The number of hydrogen-bond acceptors (Lipinski definition) is 3. The molecule has 0 saturated heterocycles. The fourth-order valence-corrected chi connectivity index (χ4v) is 2.89. The van der Waals surface area contributed by atoms with Gasteiger partial charge < -0.3 is 0 Å². The van der Waals surface area contributed by atoms with E-state index in [2.05, 4.69) is 0 Å². The Bertz CT molecular complexity index is 1010. The molecule has 9 heteroatoms. The summed E-state index contributed by atoms with van der Waals surface area (Å²) >= 11 is 23.6. The average Bonchev–Trinajstić information content (AvgIpc) is 2.49. The fourth-order valence-electron chi connectivity index (χ4n) is 2.08. The van der Waals surface area contributed by atoms with E-state index < -0.39 is 5.56 Å². The second-order valence-corrected chi connectivity index (χ2v) is 6.43. The van der Waals surface area contributed by atoms with Gasteiger partial charge in [-0.2, -0.15) is 4.52 Å². The van der Waals surface area contributed by atoms with Crippen molar-refractivity contribution < 1.29 is 9.24 Å². The van der Waals surface area contributed by atoms with E-state index in [0.717, 1.165) is 10.7 Å². The van der Waals surface area contributed by atoms with Gasteiger partial charge in [0, 0.05) is 20.3 Å². The van der Waals surface area contributed by atoms with Crippen molar-refractivity contribution in [3.63, 3.8) is 0 Å². The van der Waals surface area contributed by atoms with Crippen LogP contribution in [0.25, 0.3) is 17.0 Å². The Balaban J connectivity index is 2.17. The molecule has 0 unspecified atom stereocenters. The molecule has 0 radical (unpaired) electrons. The average molecular weight is 405 g/mol. The molecule has 0 fully saturated rings. The summed E-state index contributed by atoms with van der Waals surface area (Å²) in [6, 6.07) is 10.0. The van der Waals surface area contributed by atoms with E-state index in [-0.39, 0.29) is 21.2 Å². The monoisotopic (exact) mass is 403 g/mol. The minimum Gasteiger partial charge on any atom is -0.263 e. The highest BCUT2D eigenvalue weighted by Crippen LogP contribution is 2.26. The number of benzene rings is 2. The van der Waals surface area contributed by atoms with Crippen molar-refractivity contribution in [3.05, 3.63) is 77.8 Å². The minimum atomic E-state index is -0.624. The molecule has 0 aliphatic heterocycles. The van der Waals surface area contributed by atoms with Crippen molar-refractivity contribution in [1.29, 1.82) is 0 Å². The molecule has 0 N–H and O–H groups in total. The number of halogens is 4. The quantitative estimate of drug-likeness (QED) is 0.625. The highest BCUT2D eigenvalue weighted by molar-refractivity contribution is 6.42. The van der Waals surface area contributed by atoms with Crippen LogP contribution in [0.2, 0.25) is 20.1 Å². The van der Waals surface area contributed by atoms with Crippen LogP contribution in [-0.4, -0.2) is 4.68 Å². The van der Waals surface area contributed by atoms with Crippen LogP contribution in [0.3, 0.4) is 0 Å². The Morgan fingerprint density at radius 3 is 2.12 bits per heavy atom. The summed E-state index contributed by atoms with van der Waals surface area (Å²) in [4.78, 5) is 24.5. The third kappa shape index (κ3) is 3.35. The first-order valence-electron chi connectivity index (χ1n) is 6.47. The topological polar surface area (TPSA) is 58.1 Å². The highest BCUT2D eigenvalue weighted by atomic mass is 35.5. The molecule has 0 atom stereocenters. The molecule has 3 rings (SSSR count). The standard InChI is InChI=1S/C15H7Cl4N2O3/c16-9-3-8(4-10(17)5-9)14-7-15(22)20(21(23)24-14)11-1-2-12(18)13(19)6-11/h1-7H/q+1. The maximum absolute atomic E-state index is 12.3. The van der Waals surface area contributed by atoms with Gasteiger partial charge in [0.15, 0.2) is 0 Å². The molecule has 0 spiro atoms. The molecule has 0 aliphatic carbocycles. The molecule has 0 saturated carbocycles. The normalized spacial score (nSPS) is 10.8. The van der Waals surface area contributed by atoms with Gasteiger partial charge in [0.1, 0.15) is 10.6 Å². The molecule has 122 valence electrons. The van der Waals surface area contributed by atoms with Crippen LogP contribution in [-0.2, 0) is 0 Å². The van der Waals surface area contributed by atoms with Gasteiger partial charge >= 0.3 is 10.3 Å². The number of rotatable bonds is 2. The Kier molecular flexibility index (Phi) is 4.69. The third-order valence-corrected chi connectivity index (χ3v) is 4.27. The number of hydrogen-bond donors (Lipinski definition) is 0. The Labute approximate surface area is 155 Å². The lowest BCUT2D eigenvalue weighted by Crippen LogP contribution is -2.39. The van der Waals surface area contributed by atoms with Crippen molar-refractivity contribution in [2.24, 2.45) is 0 Å². The first-order valence-corrected chi connectivity index (χ1v) is 7.99. The van der Waals surface area contributed by atoms with Gasteiger partial charge in [0.2, 0.25) is 5.76 Å². The Morgan fingerprint density at radius 2 is 1.54 bits per heavy atom. The summed E-state index contributed by atoms with van der Waals surface area (Å²) in [7, 11) is 0. The van der Waals surface area contributed by atoms with E-state index in [0.29, 0.717) is 20.6 Å². The van der Waals surface area contributed by atoms with Crippen LogP contribution < -0.4 is 10.3 Å². The van der Waals surface area contributed by atoms with Crippen LogP contribution in [0.1, 0.15) is 0 Å². The van der Waals surface area contributed by atoms with Crippen LogP contribution in [0.5, 0.6) is 0 Å². The van der Waals surface area contributed by atoms with E-state index in [1.54, 1.807) is 0 Å². The predicted octanol–water partition coefficient (Wildman–Crippen LogP) is 4.63. The van der Waals surface area contributed by atoms with Gasteiger partial charge in [0.05, 0.1) is 16.1 Å². The van der Waals surface area contributed by atoms with E-state index in [1.165, 1.54) is 36.4 Å². The van der Waals surface area contributed by atoms with Crippen LogP contribution in [0.15, 0.2) is 51.8 Å². The van der Waals surface area contributed by atoms with Crippen molar-refractivity contribution in [3.8, 4) is 17.0 Å². The van der Waals surface area contributed by atoms with E-state index in [1.807, 2.05) is 0 Å². The largest absolute Gasteiger partial charge is 0.378 e. The Morgan fingerprint density at radius 1 is 0.875 bits per heavy atom. The zero-order valence-corrected chi connectivity index (χ0v) is 14.7. The van der Waals surface area contributed by atoms with Crippen LogP contribution >= 0.6 is 46.4 Å². The second-order valence-electron chi connectivity index (χ2n) is 4.74. The summed E-state index contributed by atoms with van der Waals surface area (Å²) < 4.78 is 5.95. The SMILES string of the molecule is O=c1cc(-c2cc(Cl)cc(Cl)c2)o[n+](=O)n1-c1ccc(Cl)c(Cl)c1. The lowest BCUT2D eigenvalue weighted by Gasteiger charge is -2.01. The fraction of sp³-hybridized carbons (Fsp3) is 0. The van der Waals surface area contributed by atoms with Gasteiger partial charge in [-0.3, -0.25) is 4.79 Å². The second kappa shape index (κ2) is 6.61. The zero-order chi connectivity index (χ0) is 17.4. The van der Waals surface area contributed by atoms with Crippen LogP contribution in [0.4, 0.5) is 0 Å². The van der Waals surface area contributed by atoms with Crippen molar-refractivity contribution >= 4 is 46.4 Å². The van der Waals surface area contributed by atoms with Gasteiger partial charge in [0.25, 0.3) is 0 Å². The zero-order valence-electron chi connectivity index (χ0n) is 11.7. The maximum Gasteiger partial charge on any atom is 0.378 e. The van der Waals surface area contributed by atoms with Gasteiger partial charge in [-0.15, -0.1) is 0 Å². The highest BCUT2D eigenvalue weighted by Gasteiger charge is 2.19. The minimum absolute atomic E-state index is 0.0238. The third-order valence-electron chi connectivity index (χ3n) is 3.10. The molecule has 0 bridgehead atoms. The first kappa shape index (κ1) is 17.0. The molecule has 2 aromatic carbocycles. The van der Waals surface area contributed by atoms with Gasteiger partial charge in [-0.1, -0.05) is 46.4 Å². The molecule has 1 aromatic heterocycles. The lowest BCUT2D eigenvalue weighted by atomic mass is 10.2. The maximum atomic E-state index is 12.3. The summed E-state index contributed by atoms with van der Waals surface area (Å²) in [6.45, 7) is 0. The lowest BCUT2D eigenvalue weighted by molar-refractivity contribution is -0.775.